The minimum absolute atomic E-state index is 0. The summed E-state index contributed by atoms with van der Waals surface area (Å²) in [7, 11) is 0. The minimum Gasteiger partial charge on any atom is -0.547 e. The fourth-order valence-electron chi connectivity index (χ4n) is 1.42. The van der Waals surface area contributed by atoms with Crippen molar-refractivity contribution in [3.63, 3.8) is 0 Å². The zero-order valence-electron chi connectivity index (χ0n) is 10.2. The molecule has 19 heavy (non-hydrogen) atoms. The maximum Gasteiger partial charge on any atom is 1.00 e. The third-order valence-electron chi connectivity index (χ3n) is 2.26. The molecule has 0 heterocycles. The van der Waals surface area contributed by atoms with Crippen LogP contribution in [-0.4, -0.2) is 34.8 Å². The molecule has 1 aromatic carbocycles. The van der Waals surface area contributed by atoms with Gasteiger partial charge in [0.15, 0.2) is 0 Å². The van der Waals surface area contributed by atoms with E-state index in [0.29, 0.717) is 10.6 Å². The molecule has 1 aromatic rings. The van der Waals surface area contributed by atoms with E-state index in [1.54, 1.807) is 0 Å². The molecule has 98 valence electrons. The van der Waals surface area contributed by atoms with Crippen molar-refractivity contribution in [3.8, 4) is 0 Å². The molecule has 0 aliphatic heterocycles. The Morgan fingerprint density at radius 3 is 2.26 bits per heavy atom. The van der Waals surface area contributed by atoms with Gasteiger partial charge >= 0.3 is 57.4 Å². The second kappa shape index (κ2) is 9.04. The second-order valence-corrected chi connectivity index (χ2v) is 4.00. The molecule has 8 heteroatoms. The van der Waals surface area contributed by atoms with Crippen molar-refractivity contribution in [1.29, 1.82) is 0 Å². The first kappa shape index (κ1) is 19.0. The van der Waals surface area contributed by atoms with Crippen molar-refractivity contribution in [2.24, 2.45) is 0 Å². The monoisotopic (exact) mass is 311 g/mol. The molecule has 0 bridgehead atoms. The first-order valence-electron chi connectivity index (χ1n) is 5.01. The number of benzene rings is 1. The smallest absolute Gasteiger partial charge is 0.547 e. The van der Waals surface area contributed by atoms with Gasteiger partial charge in [-0.15, -0.1) is 0 Å². The fourth-order valence-corrected chi connectivity index (χ4v) is 1.54. The van der Waals surface area contributed by atoms with Gasteiger partial charge in [-0.05, 0) is 17.7 Å². The van der Waals surface area contributed by atoms with Gasteiger partial charge < -0.3 is 20.1 Å². The molecule has 0 saturated heterocycles. The molecular weight excluding hydrogens is 301 g/mol. The molecule has 0 aromatic heterocycles. The topological polar surface area (TPSA) is 110 Å². The van der Waals surface area contributed by atoms with Crippen molar-refractivity contribution in [2.45, 2.75) is 12.1 Å². The number of rotatable bonds is 6. The van der Waals surface area contributed by atoms with Gasteiger partial charge in [-0.3, -0.25) is 10.1 Å². The predicted octanol–water partition coefficient (Wildman–Crippen LogP) is -3.83. The largest absolute Gasteiger partial charge is 1.00 e. The van der Waals surface area contributed by atoms with Gasteiger partial charge in [-0.2, -0.15) is 0 Å². The van der Waals surface area contributed by atoms with E-state index in [2.05, 4.69) is 5.32 Å². The number of carboxylic acid groups (broad SMARTS) is 2. The number of carbonyl (C=O) groups excluding carboxylic acids is 1. The number of aliphatic hydroxyl groups excluding tert-OH is 1. The summed E-state index contributed by atoms with van der Waals surface area (Å²) in [5, 5.41) is 31.5. The molecule has 2 unspecified atom stereocenters. The van der Waals surface area contributed by atoms with E-state index in [1.807, 2.05) is 0 Å². The van der Waals surface area contributed by atoms with Crippen molar-refractivity contribution >= 4 is 23.5 Å². The molecule has 0 saturated carbocycles. The molecule has 2 atom stereocenters. The third kappa shape index (κ3) is 6.33. The number of halogens is 1. The van der Waals surface area contributed by atoms with Crippen LogP contribution < -0.4 is 61.8 Å². The van der Waals surface area contributed by atoms with Crippen LogP contribution in [0.1, 0.15) is 11.6 Å². The van der Waals surface area contributed by atoms with Crippen molar-refractivity contribution in [3.05, 3.63) is 34.9 Å². The summed E-state index contributed by atoms with van der Waals surface area (Å²) in [6.07, 6.45) is -1.86. The predicted molar refractivity (Wildman–Crippen MR) is 60.8 cm³/mol. The Morgan fingerprint density at radius 1 is 1.32 bits per heavy atom. The van der Waals surface area contributed by atoms with Crippen LogP contribution in [0.25, 0.3) is 0 Å². The van der Waals surface area contributed by atoms with Gasteiger partial charge in [0.25, 0.3) is 0 Å². The third-order valence-corrected chi connectivity index (χ3v) is 2.51. The Morgan fingerprint density at radius 2 is 1.84 bits per heavy atom. The van der Waals surface area contributed by atoms with Crippen molar-refractivity contribution in [1.82, 2.24) is 5.32 Å². The molecule has 3 N–H and O–H groups in total. The summed E-state index contributed by atoms with van der Waals surface area (Å²) in [5.74, 6) is -2.85. The summed E-state index contributed by atoms with van der Waals surface area (Å²) in [5.41, 5.74) is 0.400. The maximum atomic E-state index is 10.7. The Hall–Kier alpha value is 0.00636. The van der Waals surface area contributed by atoms with E-state index in [4.69, 9.17) is 16.7 Å². The van der Waals surface area contributed by atoms with E-state index < -0.39 is 30.6 Å². The van der Waals surface area contributed by atoms with Gasteiger partial charge in [0.2, 0.25) is 0 Å². The molecule has 0 spiro atoms. The molecular formula is C11H11ClKNO5. The molecule has 0 aliphatic rings. The Kier molecular flexibility index (Phi) is 9.04. The van der Waals surface area contributed by atoms with E-state index in [-0.39, 0.29) is 51.4 Å². The molecule has 0 fully saturated rings. The van der Waals surface area contributed by atoms with Crippen molar-refractivity contribution < 1.29 is 76.3 Å². The minimum atomic E-state index is -1.86. The van der Waals surface area contributed by atoms with Gasteiger partial charge in [0, 0.05) is 5.02 Å². The number of aliphatic hydroxyl groups is 1. The van der Waals surface area contributed by atoms with Crippen LogP contribution in [0.3, 0.4) is 0 Å². The molecule has 6 nitrogen and oxygen atoms in total. The van der Waals surface area contributed by atoms with Crippen LogP contribution in [0.2, 0.25) is 5.02 Å². The fraction of sp³-hybridized carbons (Fsp3) is 0.273. The molecule has 0 amide bonds. The van der Waals surface area contributed by atoms with Gasteiger partial charge in [-0.1, -0.05) is 23.7 Å². The number of carbonyl (C=O) groups is 2. The van der Waals surface area contributed by atoms with Gasteiger partial charge in [-0.25, -0.2) is 0 Å². The van der Waals surface area contributed by atoms with E-state index >= 15 is 0 Å². The summed E-state index contributed by atoms with van der Waals surface area (Å²) < 4.78 is 0. The van der Waals surface area contributed by atoms with E-state index in [9.17, 15) is 19.8 Å². The van der Waals surface area contributed by atoms with Crippen molar-refractivity contribution in [2.75, 3.05) is 6.54 Å². The number of nitrogens with one attached hydrogen (secondary N) is 1. The summed E-state index contributed by atoms with van der Waals surface area (Å²) in [6.45, 7) is -0.488. The second-order valence-electron chi connectivity index (χ2n) is 3.57. The quantitative estimate of drug-likeness (QED) is 0.464. The van der Waals surface area contributed by atoms with Gasteiger partial charge in [0.1, 0.15) is 6.10 Å². The maximum absolute atomic E-state index is 10.7. The first-order valence-corrected chi connectivity index (χ1v) is 5.39. The van der Waals surface area contributed by atoms with Crippen LogP contribution in [0, 0.1) is 0 Å². The number of aliphatic carboxylic acids is 2. The number of hydrogen-bond donors (Lipinski definition) is 3. The van der Waals surface area contributed by atoms with Crippen LogP contribution in [-0.2, 0) is 9.59 Å². The van der Waals surface area contributed by atoms with Crippen LogP contribution >= 0.6 is 11.6 Å². The number of hydrogen-bond acceptors (Lipinski definition) is 5. The average molecular weight is 312 g/mol. The Labute approximate surface area is 157 Å². The molecule has 0 radical (unpaired) electrons. The zero-order chi connectivity index (χ0) is 13.7. The van der Waals surface area contributed by atoms with E-state index in [1.165, 1.54) is 24.3 Å². The summed E-state index contributed by atoms with van der Waals surface area (Å²) >= 11 is 5.68. The summed E-state index contributed by atoms with van der Waals surface area (Å²) in [6, 6.07) is 4.92. The standard InChI is InChI=1S/C11H12ClNO5.K/c12-7-3-1-6(2-4-7)9(10(16)11(17)18)13-5-8(14)15;/h1-4,9-10,13,16H,5H2,(H,14,15)(H,17,18);/q;+1/p-1. The molecule has 1 rings (SSSR count). The van der Waals surface area contributed by atoms with Crippen LogP contribution in [0.4, 0.5) is 0 Å². The Balaban J connectivity index is 0.00000324. The summed E-state index contributed by atoms with van der Waals surface area (Å²) in [4.78, 5) is 21.1. The average Bonchev–Trinajstić information content (AvgIpc) is 2.30. The first-order chi connectivity index (χ1) is 8.41. The normalized spacial score (nSPS) is 13.2. The van der Waals surface area contributed by atoms with Crippen LogP contribution in [0.5, 0.6) is 0 Å². The van der Waals surface area contributed by atoms with E-state index in [0.717, 1.165) is 0 Å². The van der Waals surface area contributed by atoms with Gasteiger partial charge in [0.05, 0.1) is 18.6 Å². The Bertz CT molecular complexity index is 439. The number of carboxylic acids is 2. The van der Waals surface area contributed by atoms with Crippen LogP contribution in [0.15, 0.2) is 24.3 Å². The SMILES string of the molecule is O=C(O)CNC(c1ccc(Cl)cc1)C(O)C(=O)[O-].[K+]. The zero-order valence-corrected chi connectivity index (χ0v) is 14.0. The molecule has 0 aliphatic carbocycles.